The molecule has 0 aromatic heterocycles. The summed E-state index contributed by atoms with van der Waals surface area (Å²) in [5.41, 5.74) is 0. The molecule has 0 aromatic carbocycles. The fraction of sp³-hybridized carbons (Fsp3) is 1.00. The molecule has 0 N–H and O–H groups in total. The van der Waals surface area contributed by atoms with Crippen LogP contribution < -0.4 is 18.9 Å². The van der Waals surface area contributed by atoms with Gasteiger partial charge >= 0.3 is 26.1 Å². The van der Waals surface area contributed by atoms with Gasteiger partial charge in [-0.3, -0.25) is 0 Å². The van der Waals surface area contributed by atoms with Gasteiger partial charge in [0.2, 0.25) is 0 Å². The zero-order chi connectivity index (χ0) is 6.62. The maximum absolute atomic E-state index is 7.06. The first-order chi connectivity index (χ1) is 3.68. The van der Waals surface area contributed by atoms with E-state index < -0.39 is 7.28 Å². The van der Waals surface area contributed by atoms with E-state index in [0.29, 0.717) is 0 Å². The average molecular weight is 114 g/mol. The van der Waals surface area contributed by atoms with Crippen molar-refractivity contribution >= 4 is 7.28 Å². The van der Waals surface area contributed by atoms with Gasteiger partial charge in [-0.05, 0) is 21.3 Å². The van der Waals surface area contributed by atoms with Crippen LogP contribution in [-0.2, 0) is 14.0 Å². The van der Waals surface area contributed by atoms with Crippen molar-refractivity contribution in [1.29, 1.82) is 1.34 Å². The van der Waals surface area contributed by atoms with Crippen LogP contribution in [0, 0.1) is 0 Å². The molecule has 8 heavy (non-hydrogen) atoms. The molecule has 0 saturated carbocycles. The van der Waals surface area contributed by atoms with Crippen molar-refractivity contribution in [3.63, 3.8) is 0 Å². The van der Waals surface area contributed by atoms with Crippen molar-refractivity contribution in [3.8, 4) is 0 Å². The van der Waals surface area contributed by atoms with Crippen LogP contribution in [0.5, 0.6) is 0 Å². The molecule has 0 unspecified atom stereocenters. The monoisotopic (exact) mass is 114 g/mol. The topological polar surface area (TPSA) is 27.7 Å². The van der Waals surface area contributed by atoms with Crippen LogP contribution in [0.2, 0.25) is 0 Å². The largest absolute Gasteiger partial charge is 1.00 e. The van der Waals surface area contributed by atoms with Crippen LogP contribution in [0.15, 0.2) is 0 Å². The third-order valence-corrected chi connectivity index (χ3v) is 0.577. The van der Waals surface area contributed by atoms with Gasteiger partial charge in [0.05, 0.1) is 0 Å². The first kappa shape index (κ1) is 8.54. The zero-order valence-electron chi connectivity index (χ0n) is 6.80. The second-order valence-corrected chi connectivity index (χ2v) is 0.996. The molecule has 0 fully saturated rings. The summed E-state index contributed by atoms with van der Waals surface area (Å²) in [7, 11) is 1.88. The van der Waals surface area contributed by atoms with E-state index in [1.54, 1.807) is 0 Å². The molecular formula is C3H10BLiO3. The molecule has 0 aliphatic rings. The van der Waals surface area contributed by atoms with E-state index in [9.17, 15) is 0 Å². The van der Waals surface area contributed by atoms with E-state index in [4.69, 9.17) is 1.34 Å². The second kappa shape index (κ2) is 7.54. The van der Waals surface area contributed by atoms with Crippen LogP contribution in [0.1, 0.15) is 0 Å². The molecule has 0 radical (unpaired) electrons. The summed E-state index contributed by atoms with van der Waals surface area (Å²) >= 11 is 0. The Bertz CT molecular complexity index is 61.8. The van der Waals surface area contributed by atoms with Gasteiger partial charge in [0, 0.05) is 0 Å². The smallest absolute Gasteiger partial charge is 0.549 e. The Kier molecular flexibility index (Phi) is 8.05. The van der Waals surface area contributed by atoms with Crippen LogP contribution in [0.25, 0.3) is 0 Å². The number of hydrogen-bond acceptors (Lipinski definition) is 3. The number of hydrogen-bond donors (Lipinski definition) is 0. The Balaban J connectivity index is 0. The van der Waals surface area contributed by atoms with Gasteiger partial charge in [0.1, 0.15) is 0 Å². The van der Waals surface area contributed by atoms with E-state index >= 15 is 0 Å². The fourth-order valence-corrected chi connectivity index (χ4v) is 0.289. The normalized spacial score (nSPS) is 12.1. The van der Waals surface area contributed by atoms with Crippen LogP contribution in [0.3, 0.4) is 0 Å². The first-order valence-corrected chi connectivity index (χ1v) is 1.93. The molecule has 44 valence electrons. The van der Waals surface area contributed by atoms with E-state index in [2.05, 4.69) is 14.0 Å². The summed E-state index contributed by atoms with van der Waals surface area (Å²) < 4.78 is 20.6. The Morgan fingerprint density at radius 1 is 1.12 bits per heavy atom. The fourth-order valence-electron chi connectivity index (χ4n) is 0.289. The van der Waals surface area contributed by atoms with E-state index in [-0.39, 0.29) is 18.9 Å². The molecule has 0 rings (SSSR count). The Morgan fingerprint density at radius 3 is 1.38 bits per heavy atom. The van der Waals surface area contributed by atoms with Gasteiger partial charge in [-0.1, -0.05) is 0 Å². The molecule has 0 aliphatic carbocycles. The average Bonchev–Trinajstić information content (AvgIpc) is 1.87. The van der Waals surface area contributed by atoms with Crippen molar-refractivity contribution in [2.45, 2.75) is 0 Å². The van der Waals surface area contributed by atoms with Crippen molar-refractivity contribution in [3.05, 3.63) is 0 Å². The summed E-state index contributed by atoms with van der Waals surface area (Å²) in [5.74, 6) is 0. The first-order valence-electron chi connectivity index (χ1n) is 2.51. The molecular weight excluding hydrogens is 102 g/mol. The standard InChI is InChI=1S/C3H10BO3.Li/c1-5-4(6-2)7-3;/h4H,1-3H3;/q-1;+1/i4T;. The summed E-state index contributed by atoms with van der Waals surface area (Å²) in [6.45, 7) is 0. The molecule has 0 aliphatic heterocycles. The van der Waals surface area contributed by atoms with Gasteiger partial charge in [0.15, 0.2) is 0 Å². The SMILES string of the molecule is [3H][B-](OC)(OC)OC.[Li+]. The van der Waals surface area contributed by atoms with Crippen LogP contribution in [-0.4, -0.2) is 29.9 Å². The van der Waals surface area contributed by atoms with Gasteiger partial charge in [-0.2, -0.15) is 0 Å². The van der Waals surface area contributed by atoms with Crippen molar-refractivity contribution in [2.24, 2.45) is 0 Å². The Labute approximate surface area is 63.4 Å². The minimum atomic E-state index is -2.21. The van der Waals surface area contributed by atoms with Crippen LogP contribution >= 0.6 is 0 Å². The molecule has 3 nitrogen and oxygen atoms in total. The summed E-state index contributed by atoms with van der Waals surface area (Å²) in [6.07, 6.45) is 0. The van der Waals surface area contributed by atoms with E-state index in [1.807, 2.05) is 0 Å². The predicted molar refractivity (Wildman–Crippen MR) is 28.2 cm³/mol. The molecule has 0 saturated heterocycles. The minimum Gasteiger partial charge on any atom is -0.549 e. The maximum atomic E-state index is 7.06. The molecule has 0 bridgehead atoms. The molecule has 0 spiro atoms. The molecule has 0 heterocycles. The van der Waals surface area contributed by atoms with E-state index in [1.165, 1.54) is 21.3 Å². The quantitative estimate of drug-likeness (QED) is 0.358. The Morgan fingerprint density at radius 2 is 1.38 bits per heavy atom. The minimum absolute atomic E-state index is 0. The number of rotatable bonds is 3. The molecule has 0 atom stereocenters. The molecule has 0 amide bonds. The van der Waals surface area contributed by atoms with Crippen LogP contribution in [0.4, 0.5) is 0 Å². The Hall–Kier alpha value is 0.542. The van der Waals surface area contributed by atoms with Gasteiger partial charge in [-0.25, -0.2) is 0 Å². The van der Waals surface area contributed by atoms with Crippen molar-refractivity contribution in [1.82, 2.24) is 0 Å². The van der Waals surface area contributed by atoms with E-state index in [0.717, 1.165) is 0 Å². The summed E-state index contributed by atoms with van der Waals surface area (Å²) in [5, 5.41) is 0. The van der Waals surface area contributed by atoms with Crippen molar-refractivity contribution < 1.29 is 32.8 Å². The third kappa shape index (κ3) is 4.70. The second-order valence-electron chi connectivity index (χ2n) is 0.996. The van der Waals surface area contributed by atoms with Gasteiger partial charge in [0.25, 0.3) is 0 Å². The molecule has 0 aromatic rings. The van der Waals surface area contributed by atoms with Crippen molar-refractivity contribution in [2.75, 3.05) is 21.3 Å². The molecule has 5 heteroatoms. The zero-order valence-corrected chi connectivity index (χ0v) is 5.80. The summed E-state index contributed by atoms with van der Waals surface area (Å²) in [4.78, 5) is 0. The predicted octanol–water partition coefficient (Wildman–Crippen LogP) is -3.35. The van der Waals surface area contributed by atoms with Gasteiger partial charge in [-0.15, -0.1) is 1.34 Å². The third-order valence-electron chi connectivity index (χ3n) is 0.577. The summed E-state index contributed by atoms with van der Waals surface area (Å²) in [6, 6.07) is 0. The van der Waals surface area contributed by atoms with Gasteiger partial charge < -0.3 is 14.0 Å². The maximum Gasteiger partial charge on any atom is 1.00 e.